The Morgan fingerprint density at radius 3 is 2.61 bits per heavy atom. The van der Waals surface area contributed by atoms with Gasteiger partial charge in [-0.3, -0.25) is 9.59 Å². The van der Waals surface area contributed by atoms with E-state index in [1.807, 2.05) is 0 Å². The molecule has 1 fully saturated rings. The molecule has 1 aromatic carbocycles. The van der Waals surface area contributed by atoms with Crippen molar-refractivity contribution >= 4 is 11.9 Å². The molecule has 28 heavy (non-hydrogen) atoms. The molecule has 2 N–H and O–H groups in total. The van der Waals surface area contributed by atoms with E-state index in [9.17, 15) is 9.59 Å². The molecule has 1 aliphatic rings. The van der Waals surface area contributed by atoms with Gasteiger partial charge in [0.05, 0.1) is 13.0 Å². The fraction of sp³-hybridized carbons (Fsp3) is 0.381. The number of methoxy groups -OCH3 is 1. The van der Waals surface area contributed by atoms with Crippen LogP contribution in [0.15, 0.2) is 42.6 Å². The number of aromatic nitrogens is 1. The van der Waals surface area contributed by atoms with Gasteiger partial charge in [-0.2, -0.15) is 0 Å². The largest absolute Gasteiger partial charge is 0.497 e. The van der Waals surface area contributed by atoms with Gasteiger partial charge in [0.1, 0.15) is 17.1 Å². The molecule has 148 valence electrons. The van der Waals surface area contributed by atoms with Crippen molar-refractivity contribution in [3.63, 3.8) is 0 Å². The third-order valence-electron chi connectivity index (χ3n) is 5.02. The molecule has 0 spiro atoms. The summed E-state index contributed by atoms with van der Waals surface area (Å²) in [5.41, 5.74) is 0.351. The Labute approximate surface area is 163 Å². The maximum Gasteiger partial charge on any atom is 0.306 e. The lowest BCUT2D eigenvalue weighted by molar-refractivity contribution is -0.143. The van der Waals surface area contributed by atoms with Gasteiger partial charge in [0.15, 0.2) is 0 Å². The van der Waals surface area contributed by atoms with Crippen LogP contribution in [0, 0.1) is 11.8 Å². The summed E-state index contributed by atoms with van der Waals surface area (Å²) in [5, 5.41) is 12.0. The number of nitrogens with one attached hydrogen (secondary N) is 1. The number of hydrogen-bond donors (Lipinski definition) is 2. The maximum atomic E-state index is 12.6. The number of ether oxygens (including phenoxy) is 2. The summed E-state index contributed by atoms with van der Waals surface area (Å²) in [6.07, 6.45) is 4.49. The van der Waals surface area contributed by atoms with Crippen LogP contribution >= 0.6 is 0 Å². The quantitative estimate of drug-likeness (QED) is 0.758. The maximum absolute atomic E-state index is 12.6. The van der Waals surface area contributed by atoms with Crippen LogP contribution in [0.3, 0.4) is 0 Å². The van der Waals surface area contributed by atoms with Crippen LogP contribution < -0.4 is 14.8 Å². The number of hydrogen-bond acceptors (Lipinski definition) is 5. The Bertz CT molecular complexity index is 831. The number of carbonyl (C=O) groups excluding carboxylic acids is 1. The summed E-state index contributed by atoms with van der Waals surface area (Å²) in [6, 6.07) is 10.4. The Hall–Kier alpha value is -3.09. The summed E-state index contributed by atoms with van der Waals surface area (Å²) in [7, 11) is 1.57. The second kappa shape index (κ2) is 9.21. The van der Waals surface area contributed by atoms with Gasteiger partial charge >= 0.3 is 5.97 Å². The molecule has 1 heterocycles. The molecule has 0 atom stereocenters. The average molecular weight is 384 g/mol. The van der Waals surface area contributed by atoms with E-state index in [0.29, 0.717) is 42.4 Å². The number of nitrogens with zero attached hydrogens (tertiary/aromatic N) is 1. The van der Waals surface area contributed by atoms with Gasteiger partial charge in [-0.15, -0.1) is 0 Å². The molecular formula is C21H24N2O5. The number of carboxylic acid groups (broad SMARTS) is 1. The molecule has 0 aliphatic heterocycles. The summed E-state index contributed by atoms with van der Waals surface area (Å²) in [4.78, 5) is 27.9. The average Bonchev–Trinajstić information content (AvgIpc) is 2.73. The van der Waals surface area contributed by atoms with Gasteiger partial charge in [-0.25, -0.2) is 4.98 Å². The fourth-order valence-electron chi connectivity index (χ4n) is 3.37. The minimum Gasteiger partial charge on any atom is -0.497 e. The first kappa shape index (κ1) is 19.7. The van der Waals surface area contributed by atoms with Gasteiger partial charge < -0.3 is 19.9 Å². The fourth-order valence-corrected chi connectivity index (χ4v) is 3.37. The number of rotatable bonds is 7. The highest BCUT2D eigenvalue weighted by Crippen LogP contribution is 2.29. The molecular weight excluding hydrogens is 360 g/mol. The van der Waals surface area contributed by atoms with Crippen molar-refractivity contribution in [3.05, 3.63) is 48.2 Å². The smallest absolute Gasteiger partial charge is 0.306 e. The normalized spacial score (nSPS) is 18.9. The Kier molecular flexibility index (Phi) is 6.47. The topological polar surface area (TPSA) is 97.8 Å². The second-order valence-electron chi connectivity index (χ2n) is 6.90. The molecule has 7 heteroatoms. The molecule has 2 aromatic rings. The van der Waals surface area contributed by atoms with Crippen LogP contribution in [0.2, 0.25) is 0 Å². The first-order chi connectivity index (χ1) is 13.6. The monoisotopic (exact) mass is 384 g/mol. The van der Waals surface area contributed by atoms with Crippen LogP contribution in [0.4, 0.5) is 0 Å². The van der Waals surface area contributed by atoms with Crippen molar-refractivity contribution in [2.45, 2.75) is 25.7 Å². The highest BCUT2D eigenvalue weighted by Gasteiger charge is 2.26. The van der Waals surface area contributed by atoms with E-state index in [2.05, 4.69) is 10.3 Å². The molecule has 7 nitrogen and oxygen atoms in total. The number of carboxylic acids is 1. The lowest BCUT2D eigenvalue weighted by Gasteiger charge is -2.26. The molecule has 0 unspecified atom stereocenters. The number of benzene rings is 1. The van der Waals surface area contributed by atoms with E-state index in [0.717, 1.165) is 12.8 Å². The zero-order valence-corrected chi connectivity index (χ0v) is 15.8. The molecule has 0 radical (unpaired) electrons. The third kappa shape index (κ3) is 5.00. The lowest BCUT2D eigenvalue weighted by atomic mass is 9.82. The number of amides is 1. The first-order valence-electron chi connectivity index (χ1n) is 9.34. The van der Waals surface area contributed by atoms with Gasteiger partial charge in [-0.05, 0) is 55.9 Å². The van der Waals surface area contributed by atoms with Crippen LogP contribution in [-0.2, 0) is 4.79 Å². The summed E-state index contributed by atoms with van der Waals surface area (Å²) < 4.78 is 11.0. The number of aliphatic carboxylic acids is 1. The second-order valence-corrected chi connectivity index (χ2v) is 6.90. The van der Waals surface area contributed by atoms with E-state index in [1.165, 1.54) is 0 Å². The molecule has 3 rings (SSSR count). The van der Waals surface area contributed by atoms with Crippen LogP contribution in [-0.4, -0.2) is 35.6 Å². The van der Waals surface area contributed by atoms with Crippen molar-refractivity contribution in [3.8, 4) is 17.4 Å². The van der Waals surface area contributed by atoms with Crippen LogP contribution in [0.1, 0.15) is 36.0 Å². The van der Waals surface area contributed by atoms with Crippen molar-refractivity contribution < 1.29 is 24.2 Å². The minimum atomic E-state index is -0.725. The zero-order chi connectivity index (χ0) is 19.9. The molecule has 1 aliphatic carbocycles. The SMILES string of the molecule is COc1cccc(Oc2ncccc2C(=O)NCC2CCC(C(=O)O)CC2)c1. The van der Waals surface area contributed by atoms with Gasteiger partial charge in [-0.1, -0.05) is 6.07 Å². The van der Waals surface area contributed by atoms with E-state index >= 15 is 0 Å². The van der Waals surface area contributed by atoms with E-state index in [-0.39, 0.29) is 17.7 Å². The van der Waals surface area contributed by atoms with Crippen LogP contribution in [0.5, 0.6) is 17.4 Å². The Balaban J connectivity index is 1.60. The minimum absolute atomic E-state index is 0.225. The molecule has 0 saturated heterocycles. The Morgan fingerprint density at radius 1 is 1.14 bits per heavy atom. The summed E-state index contributed by atoms with van der Waals surface area (Å²) >= 11 is 0. The standard InChI is InChI=1S/C21H24N2O5/c1-27-16-4-2-5-17(12-16)28-20-18(6-3-11-22-20)19(24)23-13-14-7-9-15(10-8-14)21(25)26/h2-6,11-12,14-15H,7-10,13H2,1H3,(H,23,24)(H,25,26). The molecule has 0 bridgehead atoms. The van der Waals surface area contributed by atoms with E-state index < -0.39 is 5.97 Å². The summed E-state index contributed by atoms with van der Waals surface area (Å²) in [6.45, 7) is 0.513. The Morgan fingerprint density at radius 2 is 1.89 bits per heavy atom. The molecule has 1 saturated carbocycles. The van der Waals surface area contributed by atoms with Gasteiger partial charge in [0.25, 0.3) is 5.91 Å². The van der Waals surface area contributed by atoms with Gasteiger partial charge in [0.2, 0.25) is 5.88 Å². The lowest BCUT2D eigenvalue weighted by Crippen LogP contribution is -2.32. The number of carbonyl (C=O) groups is 2. The third-order valence-corrected chi connectivity index (χ3v) is 5.02. The van der Waals surface area contributed by atoms with E-state index in [4.69, 9.17) is 14.6 Å². The van der Waals surface area contributed by atoms with E-state index in [1.54, 1.807) is 49.7 Å². The van der Waals surface area contributed by atoms with Crippen molar-refractivity contribution in [1.82, 2.24) is 10.3 Å². The summed E-state index contributed by atoms with van der Waals surface area (Å²) in [5.74, 6) is 0.453. The van der Waals surface area contributed by atoms with Crippen molar-refractivity contribution in [2.24, 2.45) is 11.8 Å². The number of pyridine rings is 1. The van der Waals surface area contributed by atoms with Gasteiger partial charge in [0, 0.05) is 18.8 Å². The molecule has 1 aromatic heterocycles. The highest BCUT2D eigenvalue weighted by atomic mass is 16.5. The predicted octanol–water partition coefficient (Wildman–Crippen LogP) is 3.50. The zero-order valence-electron chi connectivity index (χ0n) is 15.8. The molecule has 1 amide bonds. The first-order valence-corrected chi connectivity index (χ1v) is 9.34. The van der Waals surface area contributed by atoms with Crippen molar-refractivity contribution in [1.29, 1.82) is 0 Å². The predicted molar refractivity (Wildman–Crippen MR) is 103 cm³/mol. The van der Waals surface area contributed by atoms with Crippen molar-refractivity contribution in [2.75, 3.05) is 13.7 Å². The van der Waals surface area contributed by atoms with Crippen LogP contribution in [0.25, 0.3) is 0 Å². The highest BCUT2D eigenvalue weighted by molar-refractivity contribution is 5.96.